The molecule has 0 aliphatic rings. The zero-order chi connectivity index (χ0) is 19.6. The molecule has 2 aromatic carbocycles. The van der Waals surface area contributed by atoms with Gasteiger partial charge in [-0.1, -0.05) is 25.5 Å². The normalized spacial score (nSPS) is 10.9. The average molecular weight is 370 g/mol. The highest BCUT2D eigenvalue weighted by atomic mass is 16.5. The standard InChI is InChI=1S/C23H31NO3/c1-5-7-8-18-9-12-21(13-10-18)24-23(25)19-11-14-22(26-6-2)20(15-19)16-27-17(3)4/h9-15,17H,5-8,16H2,1-4H3,(H,24,25). The van der Waals surface area contributed by atoms with Gasteiger partial charge < -0.3 is 14.8 Å². The molecule has 0 unspecified atom stereocenters. The molecule has 0 aliphatic heterocycles. The van der Waals surface area contributed by atoms with E-state index in [2.05, 4.69) is 24.4 Å². The lowest BCUT2D eigenvalue weighted by atomic mass is 10.1. The van der Waals surface area contributed by atoms with Crippen molar-refractivity contribution in [3.8, 4) is 5.75 Å². The van der Waals surface area contributed by atoms with Gasteiger partial charge in [0.25, 0.3) is 5.91 Å². The van der Waals surface area contributed by atoms with E-state index in [0.717, 1.165) is 23.4 Å². The minimum Gasteiger partial charge on any atom is -0.494 e. The second-order valence-corrected chi connectivity index (χ2v) is 6.87. The van der Waals surface area contributed by atoms with Crippen LogP contribution in [0.5, 0.6) is 5.75 Å². The molecule has 4 heteroatoms. The van der Waals surface area contributed by atoms with Crippen molar-refractivity contribution in [1.82, 2.24) is 0 Å². The predicted molar refractivity (Wildman–Crippen MR) is 111 cm³/mol. The van der Waals surface area contributed by atoms with Crippen LogP contribution < -0.4 is 10.1 Å². The number of hydrogen-bond acceptors (Lipinski definition) is 3. The van der Waals surface area contributed by atoms with Gasteiger partial charge >= 0.3 is 0 Å². The molecule has 0 spiro atoms. The van der Waals surface area contributed by atoms with Crippen LogP contribution in [0, 0.1) is 0 Å². The number of ether oxygens (including phenoxy) is 2. The molecule has 0 heterocycles. The molecule has 27 heavy (non-hydrogen) atoms. The van der Waals surface area contributed by atoms with Gasteiger partial charge in [0.2, 0.25) is 0 Å². The van der Waals surface area contributed by atoms with Gasteiger partial charge in [0.05, 0.1) is 19.3 Å². The molecule has 0 aromatic heterocycles. The molecule has 0 atom stereocenters. The summed E-state index contributed by atoms with van der Waals surface area (Å²) < 4.78 is 11.4. The Hall–Kier alpha value is -2.33. The summed E-state index contributed by atoms with van der Waals surface area (Å²) in [4.78, 5) is 12.6. The Kier molecular flexibility index (Phi) is 8.34. The molecule has 0 saturated carbocycles. The van der Waals surface area contributed by atoms with Gasteiger partial charge in [-0.3, -0.25) is 4.79 Å². The summed E-state index contributed by atoms with van der Waals surface area (Å²) >= 11 is 0. The molecule has 0 radical (unpaired) electrons. The fraction of sp³-hybridized carbons (Fsp3) is 0.435. The number of unbranched alkanes of at least 4 members (excludes halogenated alkanes) is 1. The fourth-order valence-corrected chi connectivity index (χ4v) is 2.73. The Morgan fingerprint density at radius 2 is 1.81 bits per heavy atom. The largest absolute Gasteiger partial charge is 0.494 e. The SMILES string of the molecule is CCCCc1ccc(NC(=O)c2ccc(OCC)c(COC(C)C)c2)cc1. The van der Waals surface area contributed by atoms with E-state index >= 15 is 0 Å². The molecule has 0 aliphatic carbocycles. The minimum absolute atomic E-state index is 0.114. The third kappa shape index (κ3) is 6.72. The first-order chi connectivity index (χ1) is 13.0. The van der Waals surface area contributed by atoms with Gasteiger partial charge in [0.15, 0.2) is 0 Å². The van der Waals surface area contributed by atoms with Gasteiger partial charge in [-0.2, -0.15) is 0 Å². The van der Waals surface area contributed by atoms with Crippen molar-refractivity contribution in [3.63, 3.8) is 0 Å². The first-order valence-corrected chi connectivity index (χ1v) is 9.81. The summed E-state index contributed by atoms with van der Waals surface area (Å²) in [7, 11) is 0. The average Bonchev–Trinajstić information content (AvgIpc) is 2.66. The van der Waals surface area contributed by atoms with Crippen LogP contribution in [0.3, 0.4) is 0 Å². The second kappa shape index (κ2) is 10.7. The second-order valence-electron chi connectivity index (χ2n) is 6.87. The van der Waals surface area contributed by atoms with Gasteiger partial charge in [-0.05, 0) is 69.5 Å². The maximum Gasteiger partial charge on any atom is 0.255 e. The maximum absolute atomic E-state index is 12.6. The number of rotatable bonds is 10. The van der Waals surface area contributed by atoms with Crippen molar-refractivity contribution in [3.05, 3.63) is 59.2 Å². The zero-order valence-corrected chi connectivity index (χ0v) is 16.9. The fourth-order valence-electron chi connectivity index (χ4n) is 2.73. The summed E-state index contributed by atoms with van der Waals surface area (Å²) in [6, 6.07) is 13.5. The summed E-state index contributed by atoms with van der Waals surface area (Å²) in [5.74, 6) is 0.625. The summed E-state index contributed by atoms with van der Waals surface area (Å²) in [6.07, 6.45) is 3.55. The third-order valence-electron chi connectivity index (χ3n) is 4.23. The Balaban J connectivity index is 2.09. The van der Waals surface area contributed by atoms with Crippen molar-refractivity contribution in [2.75, 3.05) is 11.9 Å². The Morgan fingerprint density at radius 3 is 2.44 bits per heavy atom. The van der Waals surface area contributed by atoms with E-state index in [4.69, 9.17) is 9.47 Å². The van der Waals surface area contributed by atoms with E-state index in [1.54, 1.807) is 6.07 Å². The topological polar surface area (TPSA) is 47.6 Å². The lowest BCUT2D eigenvalue weighted by molar-refractivity contribution is 0.0641. The Labute approximate surface area is 162 Å². The molecular weight excluding hydrogens is 338 g/mol. The van der Waals surface area contributed by atoms with E-state index in [1.807, 2.05) is 45.0 Å². The van der Waals surface area contributed by atoms with Crippen LogP contribution in [-0.2, 0) is 17.8 Å². The number of aryl methyl sites for hydroxylation is 1. The molecule has 0 saturated heterocycles. The smallest absolute Gasteiger partial charge is 0.255 e. The summed E-state index contributed by atoms with van der Waals surface area (Å²) in [5, 5.41) is 2.96. The molecule has 0 bridgehead atoms. The Bertz CT molecular complexity index is 723. The highest BCUT2D eigenvalue weighted by Crippen LogP contribution is 2.23. The molecule has 2 rings (SSSR count). The lowest BCUT2D eigenvalue weighted by Gasteiger charge is -2.14. The van der Waals surface area contributed by atoms with Gasteiger partial charge in [0, 0.05) is 16.8 Å². The lowest BCUT2D eigenvalue weighted by Crippen LogP contribution is -2.13. The number of nitrogens with one attached hydrogen (secondary N) is 1. The van der Waals surface area contributed by atoms with Crippen LogP contribution in [-0.4, -0.2) is 18.6 Å². The molecular formula is C23H31NO3. The summed E-state index contributed by atoms with van der Waals surface area (Å²) in [5.41, 5.74) is 3.57. The molecule has 146 valence electrons. The van der Waals surface area contributed by atoms with Crippen LogP contribution in [0.25, 0.3) is 0 Å². The highest BCUT2D eigenvalue weighted by Gasteiger charge is 2.12. The van der Waals surface area contributed by atoms with Crippen LogP contribution in [0.15, 0.2) is 42.5 Å². The molecule has 0 fully saturated rings. The van der Waals surface area contributed by atoms with Crippen LogP contribution in [0.4, 0.5) is 5.69 Å². The van der Waals surface area contributed by atoms with Crippen LogP contribution >= 0.6 is 0 Å². The third-order valence-corrected chi connectivity index (χ3v) is 4.23. The van der Waals surface area contributed by atoms with Gasteiger partial charge in [0.1, 0.15) is 5.75 Å². The van der Waals surface area contributed by atoms with Gasteiger partial charge in [-0.15, -0.1) is 0 Å². The van der Waals surface area contributed by atoms with E-state index in [1.165, 1.54) is 18.4 Å². The minimum atomic E-state index is -0.134. The molecule has 4 nitrogen and oxygen atoms in total. The van der Waals surface area contributed by atoms with E-state index in [-0.39, 0.29) is 12.0 Å². The molecule has 2 aromatic rings. The van der Waals surface area contributed by atoms with E-state index < -0.39 is 0 Å². The van der Waals surface area contributed by atoms with Crippen molar-refractivity contribution < 1.29 is 14.3 Å². The number of hydrogen-bond donors (Lipinski definition) is 1. The van der Waals surface area contributed by atoms with Crippen LogP contribution in [0.2, 0.25) is 0 Å². The Morgan fingerprint density at radius 1 is 1.07 bits per heavy atom. The van der Waals surface area contributed by atoms with Crippen molar-refractivity contribution in [2.45, 2.75) is 59.7 Å². The number of carbonyl (C=O) groups excluding carboxylic acids is 1. The number of anilines is 1. The quantitative estimate of drug-likeness (QED) is 0.592. The first-order valence-electron chi connectivity index (χ1n) is 9.81. The predicted octanol–water partition coefficient (Wildman–Crippen LogP) is 5.61. The number of amides is 1. The van der Waals surface area contributed by atoms with Crippen molar-refractivity contribution in [2.24, 2.45) is 0 Å². The highest BCUT2D eigenvalue weighted by molar-refractivity contribution is 6.04. The van der Waals surface area contributed by atoms with Crippen molar-refractivity contribution >= 4 is 11.6 Å². The number of carbonyl (C=O) groups is 1. The van der Waals surface area contributed by atoms with Gasteiger partial charge in [-0.25, -0.2) is 0 Å². The van der Waals surface area contributed by atoms with Crippen molar-refractivity contribution in [1.29, 1.82) is 0 Å². The van der Waals surface area contributed by atoms with E-state index in [9.17, 15) is 4.79 Å². The maximum atomic E-state index is 12.6. The van der Waals surface area contributed by atoms with E-state index in [0.29, 0.717) is 18.8 Å². The molecule has 1 N–H and O–H groups in total. The van der Waals surface area contributed by atoms with Crippen LogP contribution in [0.1, 0.15) is 62.0 Å². The monoisotopic (exact) mass is 369 g/mol. The number of benzene rings is 2. The summed E-state index contributed by atoms with van der Waals surface area (Å²) in [6.45, 7) is 9.09. The first kappa shape index (κ1) is 21.0. The molecule has 1 amide bonds. The zero-order valence-electron chi connectivity index (χ0n) is 16.9.